The molecule has 3 atom stereocenters. The minimum Gasteiger partial charge on any atom is -0.396 e. The highest BCUT2D eigenvalue weighted by atomic mass is 32.2. The number of hydrogen-bond donors (Lipinski definition) is 2. The van der Waals surface area contributed by atoms with E-state index in [-0.39, 0.29) is 12.6 Å². The lowest BCUT2D eigenvalue weighted by Crippen LogP contribution is -2.29. The predicted octanol–water partition coefficient (Wildman–Crippen LogP) is 3.07. The van der Waals surface area contributed by atoms with E-state index in [4.69, 9.17) is 10.8 Å². The first kappa shape index (κ1) is 15.5. The molecule has 3 unspecified atom stereocenters. The molecule has 0 aliphatic carbocycles. The fourth-order valence-electron chi connectivity index (χ4n) is 1.90. The molecule has 0 heterocycles. The molecular formula is C15H25NOS. The Morgan fingerprint density at radius 3 is 2.28 bits per heavy atom. The number of nitrogens with two attached hydrogens (primary N) is 1. The van der Waals surface area contributed by atoms with Crippen LogP contribution >= 0.6 is 11.8 Å². The van der Waals surface area contributed by atoms with Gasteiger partial charge in [0.1, 0.15) is 0 Å². The summed E-state index contributed by atoms with van der Waals surface area (Å²) in [6.07, 6.45) is 0. The van der Waals surface area contributed by atoms with Gasteiger partial charge in [0.2, 0.25) is 0 Å². The highest BCUT2D eigenvalue weighted by Gasteiger charge is 2.23. The maximum Gasteiger partial charge on any atom is 0.0464 e. The van der Waals surface area contributed by atoms with Crippen molar-refractivity contribution < 1.29 is 5.11 Å². The van der Waals surface area contributed by atoms with Gasteiger partial charge in [-0.25, -0.2) is 0 Å². The zero-order valence-corrected chi connectivity index (χ0v) is 12.4. The molecule has 1 rings (SSSR count). The van der Waals surface area contributed by atoms with Crippen LogP contribution in [0.3, 0.4) is 0 Å². The van der Waals surface area contributed by atoms with Gasteiger partial charge in [0, 0.05) is 17.9 Å². The van der Waals surface area contributed by atoms with E-state index in [0.717, 1.165) is 5.75 Å². The Morgan fingerprint density at radius 2 is 1.78 bits per heavy atom. The lowest BCUT2D eigenvalue weighted by molar-refractivity contribution is 0.250. The molecule has 0 radical (unpaired) electrons. The summed E-state index contributed by atoms with van der Waals surface area (Å²) < 4.78 is 0. The lowest BCUT2D eigenvalue weighted by Gasteiger charge is -2.28. The predicted molar refractivity (Wildman–Crippen MR) is 80.7 cm³/mol. The molecule has 0 saturated carbocycles. The summed E-state index contributed by atoms with van der Waals surface area (Å²) in [5, 5.41) is 9.49. The van der Waals surface area contributed by atoms with Crippen molar-refractivity contribution in [1.82, 2.24) is 0 Å². The smallest absolute Gasteiger partial charge is 0.0464 e. The van der Waals surface area contributed by atoms with Gasteiger partial charge in [0.05, 0.1) is 0 Å². The topological polar surface area (TPSA) is 46.2 Å². The second kappa shape index (κ2) is 7.82. The van der Waals surface area contributed by atoms with Gasteiger partial charge in [-0.1, -0.05) is 51.1 Å². The van der Waals surface area contributed by atoms with Crippen molar-refractivity contribution in [3.63, 3.8) is 0 Å². The van der Waals surface area contributed by atoms with Crippen molar-refractivity contribution in [2.45, 2.75) is 32.1 Å². The maximum atomic E-state index is 9.10. The summed E-state index contributed by atoms with van der Waals surface area (Å²) in [5.74, 6) is 1.81. The van der Waals surface area contributed by atoms with Crippen LogP contribution in [0.15, 0.2) is 30.3 Å². The molecule has 1 aromatic rings. The Kier molecular flexibility index (Phi) is 6.76. The largest absolute Gasteiger partial charge is 0.396 e. The van der Waals surface area contributed by atoms with Gasteiger partial charge in [0.25, 0.3) is 0 Å². The summed E-state index contributed by atoms with van der Waals surface area (Å²) in [6.45, 7) is 6.74. The fraction of sp³-hybridized carbons (Fsp3) is 0.600. The Hall–Kier alpha value is -0.510. The summed E-state index contributed by atoms with van der Waals surface area (Å²) in [4.78, 5) is 0. The van der Waals surface area contributed by atoms with Crippen molar-refractivity contribution in [1.29, 1.82) is 0 Å². The number of aliphatic hydroxyl groups excluding tert-OH is 1. The quantitative estimate of drug-likeness (QED) is 0.798. The van der Waals surface area contributed by atoms with Crippen LogP contribution in [0.2, 0.25) is 0 Å². The van der Waals surface area contributed by atoms with Gasteiger partial charge in [-0.2, -0.15) is 11.8 Å². The molecule has 0 amide bonds. The van der Waals surface area contributed by atoms with Crippen molar-refractivity contribution in [2.24, 2.45) is 17.6 Å². The van der Waals surface area contributed by atoms with E-state index in [2.05, 4.69) is 32.9 Å². The summed E-state index contributed by atoms with van der Waals surface area (Å²) >= 11 is 1.88. The van der Waals surface area contributed by atoms with Crippen LogP contribution in [0, 0.1) is 11.8 Å². The summed E-state index contributed by atoms with van der Waals surface area (Å²) in [5.41, 5.74) is 7.58. The van der Waals surface area contributed by atoms with E-state index in [1.807, 2.05) is 30.0 Å². The van der Waals surface area contributed by atoms with Gasteiger partial charge in [-0.15, -0.1) is 0 Å². The Bertz CT molecular complexity index is 329. The van der Waals surface area contributed by atoms with Crippen LogP contribution < -0.4 is 5.73 Å². The van der Waals surface area contributed by atoms with Crippen molar-refractivity contribution in [2.75, 3.05) is 12.4 Å². The van der Waals surface area contributed by atoms with Gasteiger partial charge in [-0.05, 0) is 23.2 Å². The molecule has 18 heavy (non-hydrogen) atoms. The van der Waals surface area contributed by atoms with E-state index in [1.165, 1.54) is 5.56 Å². The Labute approximate surface area is 115 Å². The average molecular weight is 267 g/mol. The number of thioether (sulfide) groups is 1. The average Bonchev–Trinajstić information content (AvgIpc) is 2.39. The van der Waals surface area contributed by atoms with Crippen LogP contribution in [0.4, 0.5) is 0 Å². The molecule has 0 aliphatic rings. The third kappa shape index (κ3) is 4.63. The zero-order chi connectivity index (χ0) is 13.5. The van der Waals surface area contributed by atoms with Gasteiger partial charge >= 0.3 is 0 Å². The van der Waals surface area contributed by atoms with Crippen molar-refractivity contribution in [3.8, 4) is 0 Å². The molecule has 0 aromatic heterocycles. The Balaban J connectivity index is 2.67. The molecule has 0 spiro atoms. The number of aliphatic hydroxyl groups is 1. The highest BCUT2D eigenvalue weighted by molar-refractivity contribution is 7.99. The van der Waals surface area contributed by atoms with Gasteiger partial charge in [-0.3, -0.25) is 0 Å². The van der Waals surface area contributed by atoms with E-state index in [9.17, 15) is 0 Å². The number of benzene rings is 1. The monoisotopic (exact) mass is 267 g/mol. The molecule has 3 heteroatoms. The minimum atomic E-state index is 0.0575. The van der Waals surface area contributed by atoms with Crippen LogP contribution in [0.1, 0.15) is 32.4 Å². The molecule has 0 bridgehead atoms. The minimum absolute atomic E-state index is 0.0575. The second-order valence-corrected chi connectivity index (χ2v) is 6.48. The summed E-state index contributed by atoms with van der Waals surface area (Å²) in [7, 11) is 0. The van der Waals surface area contributed by atoms with Crippen LogP contribution in [-0.2, 0) is 0 Å². The molecule has 1 aromatic carbocycles. The third-order valence-electron chi connectivity index (χ3n) is 3.08. The lowest BCUT2D eigenvalue weighted by atomic mass is 9.97. The van der Waals surface area contributed by atoms with Crippen LogP contribution in [0.5, 0.6) is 0 Å². The molecule has 0 fully saturated rings. The first-order valence-electron chi connectivity index (χ1n) is 6.59. The second-order valence-electron chi connectivity index (χ2n) is 5.27. The van der Waals surface area contributed by atoms with Gasteiger partial charge < -0.3 is 10.8 Å². The fourth-order valence-corrected chi connectivity index (χ4v) is 3.31. The molecule has 102 valence electrons. The first-order valence-corrected chi connectivity index (χ1v) is 7.64. The van der Waals surface area contributed by atoms with Gasteiger partial charge in [0.15, 0.2) is 0 Å². The zero-order valence-electron chi connectivity index (χ0n) is 11.5. The molecule has 3 N–H and O–H groups in total. The maximum absolute atomic E-state index is 9.10. The Morgan fingerprint density at radius 1 is 1.17 bits per heavy atom. The highest BCUT2D eigenvalue weighted by Crippen LogP contribution is 2.31. The van der Waals surface area contributed by atoms with Crippen LogP contribution in [0.25, 0.3) is 0 Å². The number of rotatable bonds is 7. The summed E-state index contributed by atoms with van der Waals surface area (Å²) in [6, 6.07) is 10.3. The molecule has 0 saturated heterocycles. The van der Waals surface area contributed by atoms with Crippen LogP contribution in [-0.4, -0.2) is 22.7 Å². The normalized spacial score (nSPS) is 16.6. The van der Waals surface area contributed by atoms with E-state index in [1.54, 1.807) is 0 Å². The number of hydrogen-bond acceptors (Lipinski definition) is 3. The first-order chi connectivity index (χ1) is 8.56. The van der Waals surface area contributed by atoms with E-state index >= 15 is 0 Å². The third-order valence-corrected chi connectivity index (χ3v) is 5.06. The van der Waals surface area contributed by atoms with Crippen molar-refractivity contribution in [3.05, 3.63) is 35.9 Å². The molecule has 0 aliphatic heterocycles. The standard InChI is InChI=1S/C15H25NOS/c1-11(2)15(18-10-12(3)9-17)14(16)13-7-5-4-6-8-13/h4-8,11-12,14-15,17H,9-10,16H2,1-3H3. The molecular weight excluding hydrogens is 242 g/mol. The molecule has 2 nitrogen and oxygen atoms in total. The SMILES string of the molecule is CC(CO)CSC(C(C)C)C(N)c1ccccc1. The van der Waals surface area contributed by atoms with Crippen molar-refractivity contribution >= 4 is 11.8 Å². The van der Waals surface area contributed by atoms with E-state index < -0.39 is 0 Å². The van der Waals surface area contributed by atoms with E-state index in [0.29, 0.717) is 17.1 Å².